The van der Waals surface area contributed by atoms with Gasteiger partial charge < -0.3 is 14.8 Å². The fraction of sp³-hybridized carbons (Fsp3) is 0.429. The monoisotopic (exact) mass is 233 g/mol. The lowest BCUT2D eigenvalue weighted by Gasteiger charge is -2.19. The minimum atomic E-state index is 0.155. The van der Waals surface area contributed by atoms with Crippen LogP contribution in [-0.2, 0) is 4.74 Å². The van der Waals surface area contributed by atoms with Gasteiger partial charge in [0.05, 0.1) is 12.6 Å². The zero-order valence-corrected chi connectivity index (χ0v) is 10.2. The van der Waals surface area contributed by atoms with Crippen LogP contribution in [0.25, 0.3) is 0 Å². The smallest absolute Gasteiger partial charge is 0.119 e. The minimum Gasteiger partial charge on any atom is -0.496 e. The molecule has 1 heterocycles. The van der Waals surface area contributed by atoms with E-state index in [-0.39, 0.29) is 6.04 Å². The molecule has 1 N–H and O–H groups in total. The van der Waals surface area contributed by atoms with E-state index < -0.39 is 0 Å². The van der Waals surface area contributed by atoms with Crippen LogP contribution < -0.4 is 10.1 Å². The molecule has 3 heteroatoms. The molecule has 0 saturated carbocycles. The molecular weight excluding hydrogens is 214 g/mol. The van der Waals surface area contributed by atoms with E-state index in [1.807, 2.05) is 30.3 Å². The van der Waals surface area contributed by atoms with Crippen molar-refractivity contribution in [3.05, 3.63) is 42.2 Å². The SMILES string of the molecule is CCNC(COc1ccccc1)C1=CCCO1. The average molecular weight is 233 g/mol. The van der Waals surface area contributed by atoms with Crippen LogP contribution in [0.5, 0.6) is 5.75 Å². The summed E-state index contributed by atoms with van der Waals surface area (Å²) in [4.78, 5) is 0. The van der Waals surface area contributed by atoms with Crippen molar-refractivity contribution in [1.29, 1.82) is 0 Å². The molecule has 1 aromatic rings. The van der Waals surface area contributed by atoms with E-state index in [0.29, 0.717) is 6.61 Å². The lowest BCUT2D eigenvalue weighted by Crippen LogP contribution is -2.36. The Morgan fingerprint density at radius 2 is 2.18 bits per heavy atom. The molecule has 0 radical (unpaired) electrons. The Kier molecular flexibility index (Phi) is 4.45. The Balaban J connectivity index is 1.89. The lowest BCUT2D eigenvalue weighted by molar-refractivity contribution is 0.184. The minimum absolute atomic E-state index is 0.155. The molecule has 3 nitrogen and oxygen atoms in total. The zero-order chi connectivity index (χ0) is 11.9. The van der Waals surface area contributed by atoms with Crippen molar-refractivity contribution in [1.82, 2.24) is 5.32 Å². The van der Waals surface area contributed by atoms with E-state index in [9.17, 15) is 0 Å². The van der Waals surface area contributed by atoms with Crippen molar-refractivity contribution in [3.8, 4) is 5.75 Å². The number of ether oxygens (including phenoxy) is 2. The average Bonchev–Trinajstić information content (AvgIpc) is 2.89. The molecule has 1 unspecified atom stereocenters. The van der Waals surface area contributed by atoms with Crippen LogP contribution in [0.3, 0.4) is 0 Å². The Morgan fingerprint density at radius 3 is 2.82 bits per heavy atom. The van der Waals surface area contributed by atoms with Gasteiger partial charge in [-0.3, -0.25) is 0 Å². The summed E-state index contributed by atoms with van der Waals surface area (Å²) in [7, 11) is 0. The van der Waals surface area contributed by atoms with E-state index in [1.165, 1.54) is 0 Å². The van der Waals surface area contributed by atoms with Crippen LogP contribution in [0, 0.1) is 0 Å². The Morgan fingerprint density at radius 1 is 1.35 bits per heavy atom. The highest BCUT2D eigenvalue weighted by Crippen LogP contribution is 2.15. The molecule has 0 fully saturated rings. The topological polar surface area (TPSA) is 30.5 Å². The molecule has 1 aromatic carbocycles. The first-order valence-corrected chi connectivity index (χ1v) is 6.14. The number of rotatable bonds is 6. The molecule has 0 amide bonds. The molecule has 1 aliphatic rings. The number of hydrogen-bond acceptors (Lipinski definition) is 3. The summed E-state index contributed by atoms with van der Waals surface area (Å²) >= 11 is 0. The van der Waals surface area contributed by atoms with Gasteiger partial charge in [0.15, 0.2) is 0 Å². The zero-order valence-electron chi connectivity index (χ0n) is 10.2. The van der Waals surface area contributed by atoms with Crippen molar-refractivity contribution in [2.75, 3.05) is 19.8 Å². The number of nitrogens with one attached hydrogen (secondary N) is 1. The Labute approximate surface area is 102 Å². The summed E-state index contributed by atoms with van der Waals surface area (Å²) in [6, 6.07) is 10.0. The molecule has 1 atom stereocenters. The molecule has 0 aromatic heterocycles. The van der Waals surface area contributed by atoms with Crippen LogP contribution in [-0.4, -0.2) is 25.8 Å². The molecular formula is C14H19NO2. The molecule has 17 heavy (non-hydrogen) atoms. The fourth-order valence-corrected chi connectivity index (χ4v) is 1.86. The van der Waals surface area contributed by atoms with Gasteiger partial charge in [-0.1, -0.05) is 25.1 Å². The van der Waals surface area contributed by atoms with Gasteiger partial charge in [-0.05, 0) is 24.8 Å². The third kappa shape index (κ3) is 3.49. The van der Waals surface area contributed by atoms with Crippen molar-refractivity contribution < 1.29 is 9.47 Å². The highest BCUT2D eigenvalue weighted by atomic mass is 16.5. The maximum absolute atomic E-state index is 5.75. The summed E-state index contributed by atoms with van der Waals surface area (Å²) in [5, 5.41) is 3.38. The predicted molar refractivity (Wildman–Crippen MR) is 68.1 cm³/mol. The van der Waals surface area contributed by atoms with Crippen LogP contribution in [0.15, 0.2) is 42.2 Å². The van der Waals surface area contributed by atoms with E-state index in [0.717, 1.165) is 31.1 Å². The standard InChI is InChI=1S/C14H19NO2/c1-2-15-13(14-9-6-10-16-14)11-17-12-7-4-3-5-8-12/h3-5,7-9,13,15H,2,6,10-11H2,1H3. The van der Waals surface area contributed by atoms with Gasteiger partial charge in [0, 0.05) is 6.42 Å². The van der Waals surface area contributed by atoms with Crippen LogP contribution in [0.2, 0.25) is 0 Å². The molecule has 1 aliphatic heterocycles. The maximum Gasteiger partial charge on any atom is 0.119 e. The second-order valence-corrected chi connectivity index (χ2v) is 3.98. The van der Waals surface area contributed by atoms with Gasteiger partial charge in [0.2, 0.25) is 0 Å². The summed E-state index contributed by atoms with van der Waals surface area (Å²) in [5.41, 5.74) is 0. The van der Waals surface area contributed by atoms with Gasteiger partial charge in [-0.15, -0.1) is 0 Å². The Bertz CT molecular complexity index is 362. The van der Waals surface area contributed by atoms with Crippen LogP contribution in [0.4, 0.5) is 0 Å². The summed E-state index contributed by atoms with van der Waals surface area (Å²) in [6.07, 6.45) is 3.14. The largest absolute Gasteiger partial charge is 0.496 e. The van der Waals surface area contributed by atoms with Crippen LogP contribution >= 0.6 is 0 Å². The number of benzene rings is 1. The lowest BCUT2D eigenvalue weighted by atomic mass is 10.2. The van der Waals surface area contributed by atoms with E-state index in [2.05, 4.69) is 18.3 Å². The van der Waals surface area contributed by atoms with Crippen molar-refractivity contribution in [2.45, 2.75) is 19.4 Å². The summed E-state index contributed by atoms with van der Waals surface area (Å²) < 4.78 is 11.3. The van der Waals surface area contributed by atoms with Gasteiger partial charge in [-0.2, -0.15) is 0 Å². The van der Waals surface area contributed by atoms with E-state index in [4.69, 9.17) is 9.47 Å². The van der Waals surface area contributed by atoms with Gasteiger partial charge in [0.25, 0.3) is 0 Å². The fourth-order valence-electron chi connectivity index (χ4n) is 1.86. The highest BCUT2D eigenvalue weighted by Gasteiger charge is 2.18. The first-order chi connectivity index (χ1) is 8.40. The summed E-state index contributed by atoms with van der Waals surface area (Å²) in [5.74, 6) is 1.91. The molecule has 92 valence electrons. The first-order valence-electron chi connectivity index (χ1n) is 6.14. The number of likely N-dealkylation sites (N-methyl/N-ethyl adjacent to an activating group) is 1. The van der Waals surface area contributed by atoms with Crippen molar-refractivity contribution in [2.24, 2.45) is 0 Å². The van der Waals surface area contributed by atoms with Crippen molar-refractivity contribution in [3.63, 3.8) is 0 Å². The summed E-state index contributed by atoms with van der Waals surface area (Å²) in [6.45, 7) is 4.39. The third-order valence-corrected chi connectivity index (χ3v) is 2.69. The predicted octanol–water partition coefficient (Wildman–Crippen LogP) is 2.35. The van der Waals surface area contributed by atoms with E-state index in [1.54, 1.807) is 0 Å². The second-order valence-electron chi connectivity index (χ2n) is 3.98. The Hall–Kier alpha value is -1.48. The van der Waals surface area contributed by atoms with Gasteiger partial charge in [-0.25, -0.2) is 0 Å². The van der Waals surface area contributed by atoms with Crippen LogP contribution in [0.1, 0.15) is 13.3 Å². The molecule has 0 saturated heterocycles. The van der Waals surface area contributed by atoms with E-state index >= 15 is 0 Å². The van der Waals surface area contributed by atoms with Gasteiger partial charge >= 0.3 is 0 Å². The molecule has 0 aliphatic carbocycles. The number of hydrogen-bond donors (Lipinski definition) is 1. The quantitative estimate of drug-likeness (QED) is 0.818. The number of para-hydroxylation sites is 1. The maximum atomic E-state index is 5.75. The van der Waals surface area contributed by atoms with Gasteiger partial charge in [0.1, 0.15) is 18.1 Å². The second kappa shape index (κ2) is 6.30. The molecule has 0 spiro atoms. The van der Waals surface area contributed by atoms with Crippen molar-refractivity contribution >= 4 is 0 Å². The highest BCUT2D eigenvalue weighted by molar-refractivity contribution is 5.21. The first kappa shape index (κ1) is 12.0. The molecule has 0 bridgehead atoms. The third-order valence-electron chi connectivity index (χ3n) is 2.69. The normalized spacial score (nSPS) is 16.2. The molecule has 2 rings (SSSR count).